The highest BCUT2D eigenvalue weighted by molar-refractivity contribution is 14.1. The minimum absolute atomic E-state index is 0.796. The summed E-state index contributed by atoms with van der Waals surface area (Å²) in [5, 5.41) is 1.09. The Bertz CT molecular complexity index is 430. The van der Waals surface area contributed by atoms with Gasteiger partial charge in [0.2, 0.25) is 0 Å². The van der Waals surface area contributed by atoms with E-state index in [1.165, 1.54) is 3.57 Å². The maximum Gasteiger partial charge on any atom is 0.160 e. The van der Waals surface area contributed by atoms with Gasteiger partial charge < -0.3 is 0 Å². The third kappa shape index (κ3) is 1.45. The Labute approximate surface area is 91.7 Å². The fourth-order valence-corrected chi connectivity index (χ4v) is 1.86. The Morgan fingerprint density at radius 3 is 3.00 bits per heavy atom. The highest BCUT2D eigenvalue weighted by atomic mass is 127. The van der Waals surface area contributed by atoms with Gasteiger partial charge in [0.25, 0.3) is 0 Å². The van der Waals surface area contributed by atoms with Gasteiger partial charge in [-0.1, -0.05) is 0 Å². The lowest BCUT2D eigenvalue weighted by molar-refractivity contribution is 1.27. The fourth-order valence-electron chi connectivity index (χ4n) is 0.974. The Balaban J connectivity index is 2.88. The lowest BCUT2D eigenvalue weighted by Crippen LogP contribution is -1.85. The number of fused-ring (bicyclic) bond motifs is 1. The second-order valence-electron chi connectivity index (χ2n) is 2.32. The van der Waals surface area contributed by atoms with Gasteiger partial charge in [-0.3, -0.25) is 0 Å². The molecule has 0 radical (unpaired) electrons. The van der Waals surface area contributed by atoms with Crippen molar-refractivity contribution in [3.05, 3.63) is 32.6 Å². The molecule has 0 aliphatic rings. The van der Waals surface area contributed by atoms with Crippen molar-refractivity contribution in [2.24, 2.45) is 0 Å². The smallest absolute Gasteiger partial charge is 0.160 e. The molecule has 0 fully saturated rings. The van der Waals surface area contributed by atoms with E-state index in [1.54, 1.807) is 12.4 Å². The summed E-state index contributed by atoms with van der Waals surface area (Å²) in [6.45, 7) is 0. The Kier molecular flexibility index (Phi) is 2.27. The maximum absolute atomic E-state index is 4.18. The van der Waals surface area contributed by atoms with Crippen molar-refractivity contribution in [2.75, 3.05) is 0 Å². The van der Waals surface area contributed by atoms with Crippen molar-refractivity contribution >= 4 is 49.6 Å². The van der Waals surface area contributed by atoms with Gasteiger partial charge in [-0.25, -0.2) is 9.97 Å². The van der Waals surface area contributed by atoms with Crippen LogP contribution in [0.2, 0.25) is 0 Å². The lowest BCUT2D eigenvalue weighted by atomic mass is 10.3. The van der Waals surface area contributed by atoms with Crippen LogP contribution in [0.3, 0.4) is 0 Å². The van der Waals surface area contributed by atoms with Crippen LogP contribution < -0.4 is 0 Å². The first-order valence-electron chi connectivity index (χ1n) is 3.33. The molecule has 2 aromatic rings. The zero-order valence-corrected chi connectivity index (χ0v) is 9.70. The van der Waals surface area contributed by atoms with E-state index in [9.17, 15) is 0 Å². The summed E-state index contributed by atoms with van der Waals surface area (Å²) in [6.07, 6.45) is 3.52. The predicted molar refractivity (Wildman–Crippen MR) is 60.0 cm³/mol. The molecule has 0 saturated carbocycles. The molecule has 0 saturated heterocycles. The molecule has 0 aliphatic carbocycles. The third-order valence-corrected chi connectivity index (χ3v) is 2.88. The highest BCUT2D eigenvalue weighted by Gasteiger charge is 1.99. The van der Waals surface area contributed by atoms with Crippen LogP contribution in [0.25, 0.3) is 11.0 Å². The molecular weight excluding hydrogens is 331 g/mol. The monoisotopic (exact) mass is 334 g/mol. The van der Waals surface area contributed by atoms with E-state index in [4.69, 9.17) is 0 Å². The van der Waals surface area contributed by atoms with Crippen molar-refractivity contribution in [1.82, 2.24) is 9.97 Å². The van der Waals surface area contributed by atoms with Crippen molar-refractivity contribution < 1.29 is 0 Å². The molecule has 0 aliphatic heterocycles. The number of rotatable bonds is 0. The average Bonchev–Trinajstić information content (AvgIpc) is 2.07. The Morgan fingerprint density at radius 1 is 1.33 bits per heavy atom. The summed E-state index contributed by atoms with van der Waals surface area (Å²) in [7, 11) is 0. The van der Waals surface area contributed by atoms with Crippen molar-refractivity contribution in [3.8, 4) is 0 Å². The topological polar surface area (TPSA) is 25.8 Å². The molecule has 0 N–H and O–H groups in total. The molecule has 0 amide bonds. The number of aromatic nitrogens is 2. The van der Waals surface area contributed by atoms with Crippen molar-refractivity contribution in [3.63, 3.8) is 0 Å². The van der Waals surface area contributed by atoms with E-state index in [-0.39, 0.29) is 0 Å². The van der Waals surface area contributed by atoms with Gasteiger partial charge in [0.05, 0.1) is 0 Å². The van der Waals surface area contributed by atoms with Gasteiger partial charge in [0.15, 0.2) is 5.65 Å². The normalized spacial score (nSPS) is 10.5. The first-order valence-corrected chi connectivity index (χ1v) is 5.20. The van der Waals surface area contributed by atoms with E-state index in [0.717, 1.165) is 15.5 Å². The van der Waals surface area contributed by atoms with E-state index in [1.807, 2.05) is 12.1 Å². The number of pyridine rings is 2. The predicted octanol–water partition coefficient (Wildman–Crippen LogP) is 3.00. The molecule has 2 aromatic heterocycles. The van der Waals surface area contributed by atoms with Gasteiger partial charge in [-0.15, -0.1) is 0 Å². The Hall–Kier alpha value is -0.230. The summed E-state index contributed by atoms with van der Waals surface area (Å²) in [4.78, 5) is 8.33. The van der Waals surface area contributed by atoms with Crippen LogP contribution in [0, 0.1) is 3.57 Å². The van der Waals surface area contributed by atoms with Crippen LogP contribution in [-0.4, -0.2) is 9.97 Å². The number of hydrogen-bond donors (Lipinski definition) is 0. The summed E-state index contributed by atoms with van der Waals surface area (Å²) in [5.41, 5.74) is 0.796. The van der Waals surface area contributed by atoms with E-state index in [0.29, 0.717) is 0 Å². The zero-order valence-electron chi connectivity index (χ0n) is 5.96. The van der Waals surface area contributed by atoms with Gasteiger partial charge in [-0.05, 0) is 50.7 Å². The van der Waals surface area contributed by atoms with Crippen LogP contribution in [0.5, 0.6) is 0 Å². The molecule has 4 heteroatoms. The molecule has 0 atom stereocenters. The van der Waals surface area contributed by atoms with Gasteiger partial charge in [0.1, 0.15) is 0 Å². The lowest BCUT2D eigenvalue weighted by Gasteiger charge is -1.98. The minimum atomic E-state index is 0.796. The van der Waals surface area contributed by atoms with Crippen LogP contribution in [0.1, 0.15) is 0 Å². The number of nitrogens with zero attached hydrogens (tertiary/aromatic N) is 2. The molecule has 60 valence electrons. The van der Waals surface area contributed by atoms with Gasteiger partial charge in [-0.2, -0.15) is 0 Å². The number of halogens is 2. The molecule has 0 bridgehead atoms. The molecule has 2 heterocycles. The quantitative estimate of drug-likeness (QED) is 0.692. The minimum Gasteiger partial charge on any atom is -0.237 e. The summed E-state index contributed by atoms with van der Waals surface area (Å²) < 4.78 is 2.16. The molecular formula is C8H4BrIN2. The fraction of sp³-hybridized carbons (Fsp3) is 0. The second-order valence-corrected chi connectivity index (χ2v) is 4.40. The summed E-state index contributed by atoms with van der Waals surface area (Å²) in [6, 6.07) is 3.99. The first kappa shape index (κ1) is 8.37. The van der Waals surface area contributed by atoms with Crippen molar-refractivity contribution in [1.29, 1.82) is 0 Å². The van der Waals surface area contributed by atoms with Crippen LogP contribution in [-0.2, 0) is 0 Å². The van der Waals surface area contributed by atoms with Crippen LogP contribution in [0.4, 0.5) is 0 Å². The molecule has 0 spiro atoms. The molecule has 2 rings (SSSR count). The summed E-state index contributed by atoms with van der Waals surface area (Å²) >= 11 is 5.65. The van der Waals surface area contributed by atoms with Crippen LogP contribution in [0.15, 0.2) is 29.0 Å². The second kappa shape index (κ2) is 3.26. The molecule has 12 heavy (non-hydrogen) atoms. The largest absolute Gasteiger partial charge is 0.237 e. The summed E-state index contributed by atoms with van der Waals surface area (Å²) in [5.74, 6) is 0. The van der Waals surface area contributed by atoms with Crippen molar-refractivity contribution in [2.45, 2.75) is 0 Å². The average molecular weight is 335 g/mol. The zero-order chi connectivity index (χ0) is 8.55. The number of hydrogen-bond acceptors (Lipinski definition) is 2. The van der Waals surface area contributed by atoms with Gasteiger partial charge >= 0.3 is 0 Å². The van der Waals surface area contributed by atoms with E-state index in [2.05, 4.69) is 48.5 Å². The third-order valence-electron chi connectivity index (χ3n) is 1.51. The highest BCUT2D eigenvalue weighted by Crippen LogP contribution is 2.20. The van der Waals surface area contributed by atoms with Crippen LogP contribution >= 0.6 is 38.5 Å². The van der Waals surface area contributed by atoms with E-state index < -0.39 is 0 Å². The Morgan fingerprint density at radius 2 is 2.17 bits per heavy atom. The molecule has 0 unspecified atom stereocenters. The van der Waals surface area contributed by atoms with Gasteiger partial charge in [0, 0.05) is 25.8 Å². The molecule has 0 aromatic carbocycles. The molecule has 2 nitrogen and oxygen atoms in total. The SMILES string of the molecule is Brc1cnc2nccc(I)c2c1. The standard InChI is InChI=1S/C8H4BrIN2/c9-5-3-6-7(10)1-2-11-8(6)12-4-5/h1-4H. The van der Waals surface area contributed by atoms with E-state index >= 15 is 0 Å². The maximum atomic E-state index is 4.18. The first-order chi connectivity index (χ1) is 5.77.